The number of nitrogens with zero attached hydrogens (tertiary/aromatic N) is 2. The van der Waals surface area contributed by atoms with Gasteiger partial charge in [0.05, 0.1) is 25.7 Å². The molecular weight excluding hydrogens is 424 g/mol. The van der Waals surface area contributed by atoms with Crippen LogP contribution in [0.15, 0.2) is 42.6 Å². The molecule has 0 saturated carbocycles. The van der Waals surface area contributed by atoms with Crippen molar-refractivity contribution in [3.05, 3.63) is 59.3 Å². The molecule has 2 heterocycles. The lowest BCUT2D eigenvalue weighted by Crippen LogP contribution is -2.36. The average molecular weight is 448 g/mol. The van der Waals surface area contributed by atoms with Gasteiger partial charge in [0.1, 0.15) is 5.82 Å². The van der Waals surface area contributed by atoms with Gasteiger partial charge < -0.3 is 20.1 Å². The predicted molar refractivity (Wildman–Crippen MR) is 120 cm³/mol. The molecule has 1 aromatic carbocycles. The summed E-state index contributed by atoms with van der Waals surface area (Å²) < 4.78 is 5.34. The van der Waals surface area contributed by atoms with Crippen LogP contribution in [0.2, 0.25) is 0 Å². The van der Waals surface area contributed by atoms with Gasteiger partial charge in [-0.2, -0.15) is 0 Å². The van der Waals surface area contributed by atoms with Gasteiger partial charge in [0.15, 0.2) is 0 Å². The maximum absolute atomic E-state index is 12.1. The summed E-state index contributed by atoms with van der Waals surface area (Å²) in [6.07, 6.45) is 0.302. The summed E-state index contributed by atoms with van der Waals surface area (Å²) in [5.41, 5.74) is 3.28. The number of aliphatic hydroxyl groups is 1. The van der Waals surface area contributed by atoms with E-state index in [-0.39, 0.29) is 13.0 Å². The van der Waals surface area contributed by atoms with Crippen LogP contribution in [-0.2, 0) is 9.53 Å². The van der Waals surface area contributed by atoms with Gasteiger partial charge in [0, 0.05) is 42.5 Å². The lowest BCUT2D eigenvalue weighted by atomic mass is 10.1. The Labute approximate surface area is 191 Å². The highest BCUT2D eigenvalue weighted by atomic mass is 16.5. The number of nitrogens with one attached hydrogen (secondary N) is 2. The van der Waals surface area contributed by atoms with Crippen molar-refractivity contribution in [1.29, 1.82) is 0 Å². The molecule has 0 bridgehead atoms. The van der Waals surface area contributed by atoms with Crippen LogP contribution in [0.25, 0.3) is 0 Å². The molecule has 1 saturated heterocycles. The number of pyridine rings is 1. The number of hydrogen-bond acceptors (Lipinski definition) is 7. The fourth-order valence-electron chi connectivity index (χ4n) is 3.00. The lowest BCUT2D eigenvalue weighted by molar-refractivity contribution is -0.131. The van der Waals surface area contributed by atoms with Crippen molar-refractivity contribution in [2.75, 3.05) is 37.7 Å². The van der Waals surface area contributed by atoms with E-state index in [2.05, 4.69) is 38.9 Å². The van der Waals surface area contributed by atoms with E-state index < -0.39 is 17.9 Å². The number of benzene rings is 1. The molecular formula is C24H24N4O5. The molecule has 3 rings (SSSR count). The van der Waals surface area contributed by atoms with Crippen LogP contribution in [0.1, 0.15) is 27.9 Å². The van der Waals surface area contributed by atoms with Crippen LogP contribution >= 0.6 is 0 Å². The number of hydroxylamine groups is 1. The maximum Gasteiger partial charge on any atom is 0.251 e. The molecule has 1 unspecified atom stereocenters. The standard InChI is InChI=1S/C24H24N4O5/c29-21(15-23(30)27-32)17-26-24(31)20-8-5-18(6-9-20)3-1-2-4-19-7-10-22(25-16-19)28-11-13-33-14-12-28/h5-10,16,21,29,32H,11-15,17H2,(H,26,31)(H,27,30). The normalized spacial score (nSPS) is 13.6. The summed E-state index contributed by atoms with van der Waals surface area (Å²) in [6.45, 7) is 2.95. The highest BCUT2D eigenvalue weighted by Crippen LogP contribution is 2.12. The van der Waals surface area contributed by atoms with Crippen molar-refractivity contribution in [3.63, 3.8) is 0 Å². The van der Waals surface area contributed by atoms with Crippen LogP contribution < -0.4 is 15.7 Å². The third kappa shape index (κ3) is 7.63. The fraction of sp³-hybridized carbons (Fsp3) is 0.292. The maximum atomic E-state index is 12.1. The van der Waals surface area contributed by atoms with Crippen LogP contribution in [0, 0.1) is 23.7 Å². The Morgan fingerprint density at radius 2 is 1.73 bits per heavy atom. The molecule has 9 nitrogen and oxygen atoms in total. The SMILES string of the molecule is O=C(CC(O)CNC(=O)c1ccc(C#CC#Cc2ccc(N3CCOCC3)nc2)cc1)NO. The van der Waals surface area contributed by atoms with Gasteiger partial charge in [-0.15, -0.1) is 0 Å². The number of anilines is 1. The van der Waals surface area contributed by atoms with Crippen molar-refractivity contribution < 1.29 is 24.6 Å². The van der Waals surface area contributed by atoms with E-state index in [9.17, 15) is 14.7 Å². The monoisotopic (exact) mass is 448 g/mol. The molecule has 0 radical (unpaired) electrons. The van der Waals surface area contributed by atoms with Gasteiger partial charge in [0.25, 0.3) is 5.91 Å². The first-order chi connectivity index (χ1) is 16.0. The molecule has 1 aromatic heterocycles. The second kappa shape index (κ2) is 12.2. The first kappa shape index (κ1) is 23.8. The topological polar surface area (TPSA) is 124 Å². The van der Waals surface area contributed by atoms with Gasteiger partial charge in [-0.05, 0) is 48.2 Å². The zero-order valence-electron chi connectivity index (χ0n) is 17.9. The summed E-state index contributed by atoms with van der Waals surface area (Å²) in [6, 6.07) is 10.4. The van der Waals surface area contributed by atoms with Gasteiger partial charge >= 0.3 is 0 Å². The first-order valence-electron chi connectivity index (χ1n) is 10.3. The number of rotatable bonds is 6. The van der Waals surface area contributed by atoms with Gasteiger partial charge in [0.2, 0.25) is 5.91 Å². The van der Waals surface area contributed by atoms with E-state index in [0.717, 1.165) is 24.5 Å². The summed E-state index contributed by atoms with van der Waals surface area (Å²) in [5, 5.41) is 20.6. The lowest BCUT2D eigenvalue weighted by Gasteiger charge is -2.27. The number of morpholine rings is 1. The number of aliphatic hydroxyl groups excluding tert-OH is 1. The zero-order valence-corrected chi connectivity index (χ0v) is 17.9. The number of aromatic nitrogens is 1. The third-order valence-electron chi connectivity index (χ3n) is 4.75. The first-order valence-corrected chi connectivity index (χ1v) is 10.3. The van der Waals surface area contributed by atoms with E-state index in [4.69, 9.17) is 9.94 Å². The molecule has 1 fully saturated rings. The van der Waals surface area contributed by atoms with E-state index >= 15 is 0 Å². The number of amides is 2. The highest BCUT2D eigenvalue weighted by molar-refractivity contribution is 5.94. The molecule has 0 spiro atoms. The molecule has 2 aromatic rings. The second-order valence-electron chi connectivity index (χ2n) is 7.18. The molecule has 170 valence electrons. The van der Waals surface area contributed by atoms with Crippen molar-refractivity contribution in [2.24, 2.45) is 0 Å². The molecule has 0 aliphatic carbocycles. The van der Waals surface area contributed by atoms with E-state index in [1.165, 1.54) is 5.48 Å². The molecule has 1 atom stereocenters. The molecule has 4 N–H and O–H groups in total. The van der Waals surface area contributed by atoms with Crippen molar-refractivity contribution in [3.8, 4) is 23.7 Å². The molecule has 1 aliphatic heterocycles. The fourth-order valence-corrected chi connectivity index (χ4v) is 3.00. The third-order valence-corrected chi connectivity index (χ3v) is 4.75. The van der Waals surface area contributed by atoms with Crippen molar-refractivity contribution in [1.82, 2.24) is 15.8 Å². The summed E-state index contributed by atoms with van der Waals surface area (Å²) in [5.74, 6) is 11.2. The minimum atomic E-state index is -1.10. The van der Waals surface area contributed by atoms with Crippen LogP contribution in [0.4, 0.5) is 5.82 Å². The van der Waals surface area contributed by atoms with Gasteiger partial charge in [-0.3, -0.25) is 14.8 Å². The Balaban J connectivity index is 1.50. The summed E-state index contributed by atoms with van der Waals surface area (Å²) in [4.78, 5) is 29.7. The second-order valence-corrected chi connectivity index (χ2v) is 7.18. The van der Waals surface area contributed by atoms with Crippen LogP contribution in [0.5, 0.6) is 0 Å². The van der Waals surface area contributed by atoms with Crippen molar-refractivity contribution in [2.45, 2.75) is 12.5 Å². The van der Waals surface area contributed by atoms with E-state index in [1.807, 2.05) is 12.1 Å². The Kier molecular flexibility index (Phi) is 8.80. The molecule has 33 heavy (non-hydrogen) atoms. The van der Waals surface area contributed by atoms with Gasteiger partial charge in [-0.25, -0.2) is 10.5 Å². The molecule has 2 amide bonds. The number of ether oxygens (including phenoxy) is 1. The quantitative estimate of drug-likeness (QED) is 0.285. The van der Waals surface area contributed by atoms with Crippen LogP contribution in [-0.4, -0.2) is 66.1 Å². The number of carbonyl (C=O) groups is 2. The predicted octanol–water partition coefficient (Wildman–Crippen LogP) is 0.308. The highest BCUT2D eigenvalue weighted by Gasteiger charge is 2.13. The zero-order chi connectivity index (χ0) is 23.5. The summed E-state index contributed by atoms with van der Waals surface area (Å²) >= 11 is 0. The van der Waals surface area contributed by atoms with Crippen molar-refractivity contribution >= 4 is 17.6 Å². The van der Waals surface area contributed by atoms with Crippen LogP contribution in [0.3, 0.4) is 0 Å². The number of carbonyl (C=O) groups excluding carboxylic acids is 2. The van der Waals surface area contributed by atoms with E-state index in [1.54, 1.807) is 30.5 Å². The minimum absolute atomic E-state index is 0.119. The smallest absolute Gasteiger partial charge is 0.251 e. The van der Waals surface area contributed by atoms with E-state index in [0.29, 0.717) is 24.3 Å². The summed E-state index contributed by atoms with van der Waals surface area (Å²) in [7, 11) is 0. The molecule has 9 heteroatoms. The Morgan fingerprint density at radius 3 is 2.36 bits per heavy atom. The molecule has 1 aliphatic rings. The average Bonchev–Trinajstić information content (AvgIpc) is 2.86. The van der Waals surface area contributed by atoms with Gasteiger partial charge in [-0.1, -0.05) is 11.8 Å². The largest absolute Gasteiger partial charge is 0.391 e. The number of hydrogen-bond donors (Lipinski definition) is 4. The Hall–Kier alpha value is -3.89. The minimum Gasteiger partial charge on any atom is -0.391 e. The Bertz CT molecular complexity index is 1070. The Morgan fingerprint density at radius 1 is 1.06 bits per heavy atom.